The monoisotopic (exact) mass is 187 g/mol. The third-order valence-corrected chi connectivity index (χ3v) is 2.72. The molecule has 0 aromatic rings. The highest BCUT2D eigenvalue weighted by Crippen LogP contribution is 2.45. The molecule has 0 radical (unpaired) electrons. The molecule has 1 saturated carbocycles. The maximum absolute atomic E-state index is 14.1. The van der Waals surface area contributed by atoms with Crippen LogP contribution >= 0.6 is 0 Å². The van der Waals surface area contributed by atoms with Gasteiger partial charge in [-0.05, 0) is 25.7 Å². The zero-order chi connectivity index (χ0) is 9.90. The molecule has 1 unspecified atom stereocenters. The molecule has 1 N–H and O–H groups in total. The summed E-state index contributed by atoms with van der Waals surface area (Å²) in [5.74, 6) is -0.442. The molecule has 0 aliphatic heterocycles. The van der Waals surface area contributed by atoms with Crippen molar-refractivity contribution in [2.24, 2.45) is 5.92 Å². The van der Waals surface area contributed by atoms with Crippen molar-refractivity contribution in [1.29, 1.82) is 0 Å². The van der Waals surface area contributed by atoms with Crippen LogP contribution in [0.5, 0.6) is 0 Å². The van der Waals surface area contributed by atoms with E-state index in [1.165, 1.54) is 7.05 Å². The quantitative estimate of drug-likeness (QED) is 0.701. The van der Waals surface area contributed by atoms with Gasteiger partial charge < -0.3 is 5.32 Å². The summed E-state index contributed by atoms with van der Waals surface area (Å²) >= 11 is 0. The first-order valence-electron chi connectivity index (χ1n) is 5.06. The van der Waals surface area contributed by atoms with Crippen LogP contribution < -0.4 is 5.32 Å². The van der Waals surface area contributed by atoms with Gasteiger partial charge in [0.05, 0.1) is 0 Å². The summed E-state index contributed by atoms with van der Waals surface area (Å²) in [5, 5.41) is 2.42. The Morgan fingerprint density at radius 2 is 2.23 bits per heavy atom. The molecular formula is C10H18FNO. The molecule has 1 rings (SSSR count). The average Bonchev–Trinajstić information content (AvgIpc) is 2.96. The Hall–Kier alpha value is -0.600. The van der Waals surface area contributed by atoms with Crippen LogP contribution in [0.15, 0.2) is 0 Å². The summed E-state index contributed by atoms with van der Waals surface area (Å²) in [6, 6.07) is 0. The Labute approximate surface area is 78.9 Å². The van der Waals surface area contributed by atoms with Gasteiger partial charge in [0.15, 0.2) is 5.67 Å². The first-order chi connectivity index (χ1) is 6.15. The predicted molar refractivity (Wildman–Crippen MR) is 50.2 cm³/mol. The third kappa shape index (κ3) is 2.20. The van der Waals surface area contributed by atoms with E-state index in [2.05, 4.69) is 5.32 Å². The van der Waals surface area contributed by atoms with Crippen molar-refractivity contribution in [2.75, 3.05) is 7.05 Å². The van der Waals surface area contributed by atoms with Gasteiger partial charge in [-0.25, -0.2) is 4.39 Å². The van der Waals surface area contributed by atoms with Crippen LogP contribution in [-0.2, 0) is 4.79 Å². The fourth-order valence-electron chi connectivity index (χ4n) is 1.69. The minimum atomic E-state index is -1.58. The number of rotatable bonds is 5. The summed E-state index contributed by atoms with van der Waals surface area (Å²) in [6.45, 7) is 2.01. The highest BCUT2D eigenvalue weighted by atomic mass is 19.1. The van der Waals surface area contributed by atoms with Gasteiger partial charge in [-0.15, -0.1) is 0 Å². The second kappa shape index (κ2) is 4.07. The van der Waals surface area contributed by atoms with E-state index in [1.807, 2.05) is 6.92 Å². The van der Waals surface area contributed by atoms with Crippen LogP contribution in [-0.4, -0.2) is 18.6 Å². The minimum Gasteiger partial charge on any atom is -0.356 e. The van der Waals surface area contributed by atoms with Crippen molar-refractivity contribution in [1.82, 2.24) is 5.32 Å². The van der Waals surface area contributed by atoms with E-state index in [0.717, 1.165) is 25.7 Å². The highest BCUT2D eigenvalue weighted by molar-refractivity contribution is 5.85. The zero-order valence-electron chi connectivity index (χ0n) is 8.40. The van der Waals surface area contributed by atoms with E-state index < -0.39 is 11.6 Å². The first kappa shape index (κ1) is 10.5. The second-order valence-corrected chi connectivity index (χ2v) is 3.82. The van der Waals surface area contributed by atoms with Gasteiger partial charge in [-0.2, -0.15) is 0 Å². The Morgan fingerprint density at radius 3 is 2.62 bits per heavy atom. The molecule has 76 valence electrons. The molecule has 0 bridgehead atoms. The smallest absolute Gasteiger partial charge is 0.257 e. The Morgan fingerprint density at radius 1 is 1.62 bits per heavy atom. The maximum atomic E-state index is 14.1. The third-order valence-electron chi connectivity index (χ3n) is 2.72. The molecular weight excluding hydrogens is 169 g/mol. The normalized spacial score (nSPS) is 20.8. The van der Waals surface area contributed by atoms with E-state index >= 15 is 0 Å². The molecule has 13 heavy (non-hydrogen) atoms. The van der Waals surface area contributed by atoms with Crippen LogP contribution in [0.4, 0.5) is 4.39 Å². The molecule has 1 aliphatic rings. The van der Waals surface area contributed by atoms with Crippen molar-refractivity contribution < 1.29 is 9.18 Å². The van der Waals surface area contributed by atoms with E-state index in [-0.39, 0.29) is 5.92 Å². The first-order valence-corrected chi connectivity index (χ1v) is 5.06. The van der Waals surface area contributed by atoms with Crippen molar-refractivity contribution >= 4 is 5.91 Å². The standard InChI is InChI=1S/C10H18FNO/c1-3-4-7-10(11,8-5-6-8)9(13)12-2/h8H,3-7H2,1-2H3,(H,12,13). The number of nitrogens with one attached hydrogen (secondary N) is 1. The Balaban J connectivity index is 2.56. The van der Waals surface area contributed by atoms with Crippen molar-refractivity contribution in [3.05, 3.63) is 0 Å². The SMILES string of the molecule is CCCCC(F)(C(=O)NC)C1CC1. The molecule has 2 nitrogen and oxygen atoms in total. The van der Waals surface area contributed by atoms with Crippen LogP contribution in [0, 0.1) is 5.92 Å². The molecule has 3 heteroatoms. The molecule has 0 saturated heterocycles. The summed E-state index contributed by atoms with van der Waals surface area (Å²) < 4.78 is 14.1. The minimum absolute atomic E-state index is 0.0148. The van der Waals surface area contributed by atoms with Crippen LogP contribution in [0.2, 0.25) is 0 Å². The lowest BCUT2D eigenvalue weighted by atomic mass is 9.92. The number of hydrogen-bond donors (Lipinski definition) is 1. The van der Waals surface area contributed by atoms with Gasteiger partial charge in [0.25, 0.3) is 5.91 Å². The topological polar surface area (TPSA) is 29.1 Å². The van der Waals surface area contributed by atoms with E-state index in [4.69, 9.17) is 0 Å². The fourth-order valence-corrected chi connectivity index (χ4v) is 1.69. The van der Waals surface area contributed by atoms with E-state index in [9.17, 15) is 9.18 Å². The number of halogens is 1. The number of alkyl halides is 1. The summed E-state index contributed by atoms with van der Waals surface area (Å²) in [5.41, 5.74) is -1.58. The van der Waals surface area contributed by atoms with Crippen LogP contribution in [0.25, 0.3) is 0 Å². The largest absolute Gasteiger partial charge is 0.356 e. The number of carbonyl (C=O) groups is 1. The highest BCUT2D eigenvalue weighted by Gasteiger charge is 2.50. The molecule has 0 aromatic heterocycles. The van der Waals surface area contributed by atoms with Gasteiger partial charge in [0.1, 0.15) is 0 Å². The van der Waals surface area contributed by atoms with Crippen molar-refractivity contribution in [2.45, 2.75) is 44.7 Å². The molecule has 1 aliphatic carbocycles. The molecule has 1 fully saturated rings. The molecule has 1 atom stereocenters. The summed E-state index contributed by atoms with van der Waals surface area (Å²) in [6.07, 6.45) is 3.85. The number of amides is 1. The summed E-state index contributed by atoms with van der Waals surface area (Å²) in [7, 11) is 1.50. The Kier molecular flexibility index (Phi) is 3.28. The fraction of sp³-hybridized carbons (Fsp3) is 0.900. The lowest BCUT2D eigenvalue weighted by Gasteiger charge is -2.22. The van der Waals surface area contributed by atoms with Gasteiger partial charge in [-0.3, -0.25) is 4.79 Å². The lowest BCUT2D eigenvalue weighted by Crippen LogP contribution is -2.43. The van der Waals surface area contributed by atoms with E-state index in [1.54, 1.807) is 0 Å². The molecule has 0 spiro atoms. The van der Waals surface area contributed by atoms with E-state index in [0.29, 0.717) is 6.42 Å². The molecule has 0 heterocycles. The Bertz CT molecular complexity index is 191. The predicted octanol–water partition coefficient (Wildman–Crippen LogP) is 2.04. The van der Waals surface area contributed by atoms with Crippen molar-refractivity contribution in [3.8, 4) is 0 Å². The molecule has 1 amide bonds. The molecule has 0 aromatic carbocycles. The van der Waals surface area contributed by atoms with Crippen molar-refractivity contribution in [3.63, 3.8) is 0 Å². The average molecular weight is 187 g/mol. The number of carbonyl (C=O) groups excluding carboxylic acids is 1. The van der Waals surface area contributed by atoms with Gasteiger partial charge in [0.2, 0.25) is 0 Å². The number of unbranched alkanes of at least 4 members (excludes halogenated alkanes) is 1. The number of hydrogen-bond acceptors (Lipinski definition) is 1. The lowest BCUT2D eigenvalue weighted by molar-refractivity contribution is -0.134. The summed E-state index contributed by atoms with van der Waals surface area (Å²) in [4.78, 5) is 11.3. The zero-order valence-corrected chi connectivity index (χ0v) is 8.40. The van der Waals surface area contributed by atoms with Crippen LogP contribution in [0.3, 0.4) is 0 Å². The van der Waals surface area contributed by atoms with Gasteiger partial charge in [-0.1, -0.05) is 13.3 Å². The van der Waals surface area contributed by atoms with Gasteiger partial charge >= 0.3 is 0 Å². The second-order valence-electron chi connectivity index (χ2n) is 3.82. The van der Waals surface area contributed by atoms with Gasteiger partial charge in [0, 0.05) is 13.0 Å². The van der Waals surface area contributed by atoms with Crippen LogP contribution in [0.1, 0.15) is 39.0 Å². The maximum Gasteiger partial charge on any atom is 0.257 e.